The Morgan fingerprint density at radius 2 is 2.00 bits per heavy atom. The number of ether oxygens (including phenoxy) is 1. The molecule has 162 valence electrons. The van der Waals surface area contributed by atoms with E-state index < -0.39 is 0 Å². The Hall–Kier alpha value is -2.07. The van der Waals surface area contributed by atoms with Gasteiger partial charge in [0, 0.05) is 43.3 Å². The molecule has 9 heteroatoms. The molecular formula is C21H31N7OS. The Bertz CT molecular complexity index is 1010. The first-order valence-electron chi connectivity index (χ1n) is 10.4. The van der Waals surface area contributed by atoms with Crippen LogP contribution in [0.1, 0.15) is 27.9 Å². The van der Waals surface area contributed by atoms with Crippen LogP contribution in [0.3, 0.4) is 0 Å². The Morgan fingerprint density at radius 3 is 2.67 bits per heavy atom. The van der Waals surface area contributed by atoms with Gasteiger partial charge in [-0.05, 0) is 33.5 Å². The minimum absolute atomic E-state index is 0.200. The Balaban J connectivity index is 1.62. The number of anilines is 1. The number of morpholine rings is 1. The monoisotopic (exact) mass is 429 g/mol. The minimum Gasteiger partial charge on any atom is -0.379 e. The molecule has 30 heavy (non-hydrogen) atoms. The number of likely N-dealkylation sites (N-methyl/N-ethyl adjacent to an activating group) is 1. The van der Waals surface area contributed by atoms with E-state index in [0.717, 1.165) is 61.3 Å². The second-order valence-corrected chi connectivity index (χ2v) is 9.35. The topological polar surface area (TPSA) is 71.3 Å². The minimum atomic E-state index is 0.200. The van der Waals surface area contributed by atoms with E-state index in [1.54, 1.807) is 11.3 Å². The van der Waals surface area contributed by atoms with Crippen molar-refractivity contribution in [3.05, 3.63) is 34.2 Å². The van der Waals surface area contributed by atoms with Crippen molar-refractivity contribution in [1.29, 1.82) is 0 Å². The molecule has 1 aliphatic heterocycles. The summed E-state index contributed by atoms with van der Waals surface area (Å²) >= 11 is 1.75. The van der Waals surface area contributed by atoms with Crippen LogP contribution in [0.15, 0.2) is 12.4 Å². The summed E-state index contributed by atoms with van der Waals surface area (Å²) in [7, 11) is 6.14. The summed E-state index contributed by atoms with van der Waals surface area (Å²) in [6.07, 6.45) is 4.01. The Morgan fingerprint density at radius 1 is 1.23 bits per heavy atom. The molecule has 0 saturated carbocycles. The fourth-order valence-corrected chi connectivity index (χ4v) is 4.90. The first kappa shape index (κ1) is 21.2. The third-order valence-corrected chi connectivity index (χ3v) is 6.84. The maximum atomic E-state index is 5.48. The number of nitrogens with one attached hydrogen (secondary N) is 1. The van der Waals surface area contributed by atoms with Crippen molar-refractivity contribution >= 4 is 27.4 Å². The van der Waals surface area contributed by atoms with E-state index in [1.807, 2.05) is 17.9 Å². The second-order valence-electron chi connectivity index (χ2n) is 8.15. The Labute approximate surface area is 181 Å². The molecule has 1 atom stereocenters. The number of hydrogen-bond donors (Lipinski definition) is 1. The summed E-state index contributed by atoms with van der Waals surface area (Å²) in [6, 6.07) is 0.200. The van der Waals surface area contributed by atoms with Crippen molar-refractivity contribution in [2.45, 2.75) is 26.4 Å². The molecule has 1 fully saturated rings. The maximum absolute atomic E-state index is 5.48. The van der Waals surface area contributed by atoms with Gasteiger partial charge in [-0.2, -0.15) is 5.10 Å². The smallest absolute Gasteiger partial charge is 0.146 e. The van der Waals surface area contributed by atoms with Gasteiger partial charge >= 0.3 is 0 Å². The number of hydrogen-bond acceptors (Lipinski definition) is 8. The fourth-order valence-electron chi connectivity index (χ4n) is 3.86. The first-order valence-corrected chi connectivity index (χ1v) is 11.2. The van der Waals surface area contributed by atoms with Gasteiger partial charge in [-0.15, -0.1) is 11.3 Å². The Kier molecular flexibility index (Phi) is 6.33. The van der Waals surface area contributed by atoms with Crippen LogP contribution >= 0.6 is 11.3 Å². The van der Waals surface area contributed by atoms with Crippen LogP contribution in [0.25, 0.3) is 10.2 Å². The van der Waals surface area contributed by atoms with Gasteiger partial charge in [0.05, 0.1) is 37.4 Å². The van der Waals surface area contributed by atoms with Gasteiger partial charge in [0.25, 0.3) is 0 Å². The van der Waals surface area contributed by atoms with Gasteiger partial charge in [0.1, 0.15) is 16.5 Å². The van der Waals surface area contributed by atoms with E-state index in [9.17, 15) is 0 Å². The van der Waals surface area contributed by atoms with Crippen molar-refractivity contribution in [2.24, 2.45) is 7.05 Å². The fraction of sp³-hybridized carbons (Fsp3) is 0.571. The highest BCUT2D eigenvalue weighted by molar-refractivity contribution is 7.18. The summed E-state index contributed by atoms with van der Waals surface area (Å²) in [4.78, 5) is 16.8. The third kappa shape index (κ3) is 4.49. The largest absolute Gasteiger partial charge is 0.379 e. The molecule has 3 aromatic heterocycles. The summed E-state index contributed by atoms with van der Waals surface area (Å²) < 4.78 is 7.33. The number of thiophene rings is 1. The highest BCUT2D eigenvalue weighted by Crippen LogP contribution is 2.34. The number of fused-ring (bicyclic) bond motifs is 1. The molecule has 0 aromatic carbocycles. The molecular weight excluding hydrogens is 398 g/mol. The van der Waals surface area contributed by atoms with Gasteiger partial charge in [-0.3, -0.25) is 9.58 Å². The molecule has 0 bridgehead atoms. The molecule has 1 saturated heterocycles. The lowest BCUT2D eigenvalue weighted by molar-refractivity contribution is 0.0331. The first-order chi connectivity index (χ1) is 14.4. The summed E-state index contributed by atoms with van der Waals surface area (Å²) in [6.45, 7) is 9.23. The molecule has 4 heterocycles. The lowest BCUT2D eigenvalue weighted by atomic mass is 10.1. The van der Waals surface area contributed by atoms with E-state index >= 15 is 0 Å². The number of aromatic nitrogens is 4. The van der Waals surface area contributed by atoms with Gasteiger partial charge in [0.2, 0.25) is 0 Å². The van der Waals surface area contributed by atoms with Gasteiger partial charge in [0.15, 0.2) is 0 Å². The number of nitrogens with zero attached hydrogens (tertiary/aromatic N) is 6. The van der Waals surface area contributed by atoms with E-state index in [1.165, 1.54) is 16.0 Å². The van der Waals surface area contributed by atoms with Crippen molar-refractivity contribution < 1.29 is 4.74 Å². The van der Waals surface area contributed by atoms with Crippen LogP contribution in [0.2, 0.25) is 0 Å². The van der Waals surface area contributed by atoms with Gasteiger partial charge < -0.3 is 15.0 Å². The molecule has 0 amide bonds. The quantitative estimate of drug-likeness (QED) is 0.619. The molecule has 0 spiro atoms. The molecule has 8 nitrogen and oxygen atoms in total. The molecule has 0 radical (unpaired) electrons. The van der Waals surface area contributed by atoms with Crippen LogP contribution < -0.4 is 5.32 Å². The second kappa shape index (κ2) is 8.97. The highest BCUT2D eigenvalue weighted by Gasteiger charge is 2.20. The zero-order valence-corrected chi connectivity index (χ0v) is 19.3. The predicted octanol–water partition coefficient (Wildman–Crippen LogP) is 2.59. The van der Waals surface area contributed by atoms with Crippen molar-refractivity contribution in [2.75, 3.05) is 52.3 Å². The predicted molar refractivity (Wildman–Crippen MR) is 121 cm³/mol. The van der Waals surface area contributed by atoms with Crippen molar-refractivity contribution in [3.63, 3.8) is 0 Å². The maximum Gasteiger partial charge on any atom is 0.146 e. The van der Waals surface area contributed by atoms with E-state index in [0.29, 0.717) is 0 Å². The average Bonchev–Trinajstić information content (AvgIpc) is 3.25. The number of aryl methyl sites for hydroxylation is 3. The van der Waals surface area contributed by atoms with Crippen LogP contribution in [-0.2, 0) is 18.3 Å². The van der Waals surface area contributed by atoms with Gasteiger partial charge in [-0.1, -0.05) is 0 Å². The summed E-state index contributed by atoms with van der Waals surface area (Å²) in [5.74, 6) is 1.80. The zero-order valence-electron chi connectivity index (χ0n) is 18.5. The van der Waals surface area contributed by atoms with E-state index in [-0.39, 0.29) is 6.04 Å². The summed E-state index contributed by atoms with van der Waals surface area (Å²) in [5, 5.41) is 9.13. The lowest BCUT2D eigenvalue weighted by Gasteiger charge is -2.26. The van der Waals surface area contributed by atoms with Crippen LogP contribution in [0, 0.1) is 13.8 Å². The van der Waals surface area contributed by atoms with Crippen LogP contribution in [0.5, 0.6) is 0 Å². The van der Waals surface area contributed by atoms with E-state index in [4.69, 9.17) is 14.7 Å². The molecule has 4 rings (SSSR count). The SMILES string of the molecule is Cc1sc2nc(CN3CCOCC3)nc(NCC(c3cnn(C)c3)N(C)C)c2c1C. The lowest BCUT2D eigenvalue weighted by Crippen LogP contribution is -2.36. The molecule has 0 aliphatic carbocycles. The van der Waals surface area contributed by atoms with Crippen LogP contribution in [-0.4, -0.2) is 76.5 Å². The molecule has 1 N–H and O–H groups in total. The molecule has 3 aromatic rings. The average molecular weight is 430 g/mol. The van der Waals surface area contributed by atoms with Gasteiger partial charge in [-0.25, -0.2) is 9.97 Å². The van der Waals surface area contributed by atoms with E-state index in [2.05, 4.69) is 54.4 Å². The highest BCUT2D eigenvalue weighted by atomic mass is 32.1. The number of rotatable bonds is 7. The zero-order chi connectivity index (χ0) is 21.3. The third-order valence-electron chi connectivity index (χ3n) is 5.74. The standard InChI is InChI=1S/C21H31N7OS/c1-14-15(2)30-21-19(14)20(24-18(25-21)13-28-6-8-29-9-7-28)22-11-17(26(3)4)16-10-23-27(5)12-16/h10,12,17H,6-9,11,13H2,1-5H3,(H,22,24,25). The normalized spacial score (nSPS) is 16.5. The van der Waals surface area contributed by atoms with Crippen molar-refractivity contribution in [1.82, 2.24) is 29.5 Å². The van der Waals surface area contributed by atoms with Crippen molar-refractivity contribution in [3.8, 4) is 0 Å². The van der Waals surface area contributed by atoms with Crippen LogP contribution in [0.4, 0.5) is 5.82 Å². The summed E-state index contributed by atoms with van der Waals surface area (Å²) in [5.41, 5.74) is 2.45. The molecule has 1 aliphatic rings. The molecule has 1 unspecified atom stereocenters.